The highest BCUT2D eigenvalue weighted by molar-refractivity contribution is 7.91. The van der Waals surface area contributed by atoms with Gasteiger partial charge in [0.2, 0.25) is 20.9 Å². The summed E-state index contributed by atoms with van der Waals surface area (Å²) in [4.78, 5) is 11.9. The molecule has 0 bridgehead atoms. The van der Waals surface area contributed by atoms with Crippen molar-refractivity contribution >= 4 is 9.84 Å². The van der Waals surface area contributed by atoms with Gasteiger partial charge in [-0.25, -0.2) is 23.4 Å². The van der Waals surface area contributed by atoms with E-state index in [1.807, 2.05) is 20.8 Å². The fraction of sp³-hybridized carbons (Fsp3) is 0.500. The number of nitrogens with zero attached hydrogens (tertiary/aromatic N) is 3. The molecule has 0 amide bonds. The van der Waals surface area contributed by atoms with E-state index in [0.29, 0.717) is 5.76 Å². The highest BCUT2D eigenvalue weighted by Crippen LogP contribution is 2.29. The van der Waals surface area contributed by atoms with Crippen molar-refractivity contribution in [3.8, 4) is 0 Å². The van der Waals surface area contributed by atoms with Crippen LogP contribution in [0.4, 0.5) is 0 Å². The molecule has 114 valence electrons. The van der Waals surface area contributed by atoms with Gasteiger partial charge in [-0.3, -0.25) is 0 Å². The predicted octanol–water partition coefficient (Wildman–Crippen LogP) is 2.61. The highest BCUT2D eigenvalue weighted by Gasteiger charge is 2.32. The van der Waals surface area contributed by atoms with Crippen molar-refractivity contribution in [3.05, 3.63) is 35.8 Å². The van der Waals surface area contributed by atoms with Crippen LogP contribution in [0.25, 0.3) is 0 Å². The van der Waals surface area contributed by atoms with E-state index < -0.39 is 15.1 Å². The summed E-state index contributed by atoms with van der Waals surface area (Å²) in [5.41, 5.74) is 0.572. The molecule has 0 N–H and O–H groups in total. The fourth-order valence-corrected chi connectivity index (χ4v) is 2.73. The first-order chi connectivity index (χ1) is 9.62. The Bertz CT molecular complexity index is 728. The maximum absolute atomic E-state index is 12.5. The lowest BCUT2D eigenvalue weighted by Crippen LogP contribution is -2.14. The summed E-state index contributed by atoms with van der Waals surface area (Å²) < 4.78 is 30.6. The molecular formula is C14H19N3O3S. The third-order valence-electron chi connectivity index (χ3n) is 3.09. The quantitative estimate of drug-likeness (QED) is 0.810. The summed E-state index contributed by atoms with van der Waals surface area (Å²) in [6, 6.07) is 0. The molecule has 6 nitrogen and oxygen atoms in total. The average Bonchev–Trinajstić information content (AvgIpc) is 2.87. The van der Waals surface area contributed by atoms with E-state index in [4.69, 9.17) is 4.42 Å². The van der Waals surface area contributed by atoms with Gasteiger partial charge in [0.15, 0.2) is 0 Å². The first-order valence-corrected chi connectivity index (χ1v) is 8.16. The Hall–Kier alpha value is -1.76. The van der Waals surface area contributed by atoms with Crippen molar-refractivity contribution < 1.29 is 12.8 Å². The standard InChI is InChI=1S/C14H19N3O3S/c1-9-6-16-13(17-7-9)21(18,19)10(2)12-15-8-11(20-12)14(3,4)5/h6-8,10H,1-5H3/t10-/m0/s1. The lowest BCUT2D eigenvalue weighted by Gasteiger charge is -2.14. The van der Waals surface area contributed by atoms with Gasteiger partial charge < -0.3 is 4.42 Å². The minimum atomic E-state index is -3.72. The third-order valence-corrected chi connectivity index (χ3v) is 4.94. The van der Waals surface area contributed by atoms with Gasteiger partial charge in [0, 0.05) is 17.8 Å². The number of aromatic nitrogens is 3. The van der Waals surface area contributed by atoms with Gasteiger partial charge in [0.25, 0.3) is 0 Å². The Kier molecular flexibility index (Phi) is 3.88. The molecule has 21 heavy (non-hydrogen) atoms. The molecule has 0 fully saturated rings. The van der Waals surface area contributed by atoms with Gasteiger partial charge in [-0.2, -0.15) is 0 Å². The van der Waals surface area contributed by atoms with E-state index in [2.05, 4.69) is 15.0 Å². The number of hydrogen-bond acceptors (Lipinski definition) is 6. The smallest absolute Gasteiger partial charge is 0.247 e. The van der Waals surface area contributed by atoms with E-state index in [1.165, 1.54) is 19.3 Å². The summed E-state index contributed by atoms with van der Waals surface area (Å²) in [5, 5.41) is -1.15. The van der Waals surface area contributed by atoms with Crippen LogP contribution in [0.15, 0.2) is 28.2 Å². The second-order valence-electron chi connectivity index (χ2n) is 6.04. The predicted molar refractivity (Wildman–Crippen MR) is 77.6 cm³/mol. The lowest BCUT2D eigenvalue weighted by atomic mass is 9.94. The minimum absolute atomic E-state index is 0.157. The second-order valence-corrected chi connectivity index (χ2v) is 8.21. The van der Waals surface area contributed by atoms with Crippen LogP contribution in [-0.4, -0.2) is 23.4 Å². The van der Waals surface area contributed by atoms with Crippen molar-refractivity contribution in [2.45, 2.75) is 50.4 Å². The largest absolute Gasteiger partial charge is 0.444 e. The fourth-order valence-electron chi connectivity index (χ4n) is 1.64. The van der Waals surface area contributed by atoms with Gasteiger partial charge in [-0.1, -0.05) is 20.8 Å². The normalized spacial score (nSPS) is 14.1. The van der Waals surface area contributed by atoms with Crippen molar-refractivity contribution in [1.82, 2.24) is 15.0 Å². The number of oxazole rings is 1. The third kappa shape index (κ3) is 3.12. The van der Waals surface area contributed by atoms with E-state index in [1.54, 1.807) is 13.1 Å². The molecule has 0 radical (unpaired) electrons. The Morgan fingerprint density at radius 1 is 1.10 bits per heavy atom. The van der Waals surface area contributed by atoms with Crippen molar-refractivity contribution in [1.29, 1.82) is 0 Å². The SMILES string of the molecule is Cc1cnc(S(=O)(=O)[C@@H](C)c2ncc(C(C)(C)C)o2)nc1. The number of aryl methyl sites for hydroxylation is 1. The summed E-state index contributed by atoms with van der Waals surface area (Å²) in [5.74, 6) is 0.800. The summed E-state index contributed by atoms with van der Waals surface area (Å²) in [6.07, 6.45) is 4.52. The molecule has 1 atom stereocenters. The Balaban J connectivity index is 2.36. The van der Waals surface area contributed by atoms with Crippen LogP contribution in [0, 0.1) is 6.92 Å². The molecule has 0 aliphatic rings. The molecule has 0 aromatic carbocycles. The zero-order valence-electron chi connectivity index (χ0n) is 12.8. The van der Waals surface area contributed by atoms with E-state index in [-0.39, 0.29) is 16.5 Å². The molecule has 0 aliphatic heterocycles. The van der Waals surface area contributed by atoms with Crippen LogP contribution in [0.3, 0.4) is 0 Å². The molecular weight excluding hydrogens is 290 g/mol. The van der Waals surface area contributed by atoms with Gasteiger partial charge in [0.05, 0.1) is 6.20 Å². The van der Waals surface area contributed by atoms with Gasteiger partial charge in [-0.15, -0.1) is 0 Å². The van der Waals surface area contributed by atoms with Gasteiger partial charge >= 0.3 is 0 Å². The summed E-state index contributed by atoms with van der Waals surface area (Å²) in [6.45, 7) is 9.24. The summed E-state index contributed by atoms with van der Waals surface area (Å²) >= 11 is 0. The van der Waals surface area contributed by atoms with Gasteiger partial charge in [0.1, 0.15) is 11.0 Å². The zero-order chi connectivity index (χ0) is 15.8. The molecule has 2 heterocycles. The maximum atomic E-state index is 12.5. The van der Waals surface area contributed by atoms with Crippen LogP contribution in [0.5, 0.6) is 0 Å². The van der Waals surface area contributed by atoms with Crippen LogP contribution < -0.4 is 0 Å². The minimum Gasteiger partial charge on any atom is -0.444 e. The highest BCUT2D eigenvalue weighted by atomic mass is 32.2. The Morgan fingerprint density at radius 3 is 2.14 bits per heavy atom. The lowest BCUT2D eigenvalue weighted by molar-refractivity contribution is 0.380. The second kappa shape index (κ2) is 5.22. The molecule has 0 aliphatic carbocycles. The molecule has 2 aromatic rings. The van der Waals surface area contributed by atoms with Crippen molar-refractivity contribution in [2.24, 2.45) is 0 Å². The van der Waals surface area contributed by atoms with Gasteiger partial charge in [-0.05, 0) is 19.4 Å². The topological polar surface area (TPSA) is 86.0 Å². The molecule has 2 aromatic heterocycles. The zero-order valence-corrected chi connectivity index (χ0v) is 13.6. The van der Waals surface area contributed by atoms with E-state index >= 15 is 0 Å². The average molecular weight is 309 g/mol. The number of hydrogen-bond donors (Lipinski definition) is 0. The summed E-state index contributed by atoms with van der Waals surface area (Å²) in [7, 11) is -3.72. The first kappa shape index (κ1) is 15.6. The molecule has 0 saturated carbocycles. The maximum Gasteiger partial charge on any atom is 0.247 e. The first-order valence-electron chi connectivity index (χ1n) is 6.61. The van der Waals surface area contributed by atoms with Crippen LogP contribution in [0.2, 0.25) is 0 Å². The molecule has 0 unspecified atom stereocenters. The number of sulfone groups is 1. The molecule has 2 rings (SSSR count). The molecule has 7 heteroatoms. The monoisotopic (exact) mass is 309 g/mol. The number of rotatable bonds is 3. The molecule has 0 spiro atoms. The Morgan fingerprint density at radius 2 is 1.67 bits per heavy atom. The van der Waals surface area contributed by atoms with Crippen LogP contribution in [0.1, 0.15) is 50.2 Å². The van der Waals surface area contributed by atoms with Crippen LogP contribution >= 0.6 is 0 Å². The van der Waals surface area contributed by atoms with E-state index in [0.717, 1.165) is 5.56 Å². The van der Waals surface area contributed by atoms with Crippen molar-refractivity contribution in [2.75, 3.05) is 0 Å². The Labute approximate surface area is 124 Å². The van der Waals surface area contributed by atoms with E-state index in [9.17, 15) is 8.42 Å². The molecule has 0 saturated heterocycles. The van der Waals surface area contributed by atoms with Crippen LogP contribution in [-0.2, 0) is 15.3 Å². The van der Waals surface area contributed by atoms with Crippen molar-refractivity contribution in [3.63, 3.8) is 0 Å².